The number of anilines is 2. The molecule has 6 nitrogen and oxygen atoms in total. The zero-order chi connectivity index (χ0) is 33.1. The van der Waals surface area contributed by atoms with E-state index < -0.39 is 35.6 Å². The molecule has 0 saturated carbocycles. The molecule has 0 bridgehead atoms. The van der Waals surface area contributed by atoms with Crippen molar-refractivity contribution in [2.45, 2.75) is 41.6 Å². The Bertz CT molecular complexity index is 1530. The number of para-hydroxylation sites is 1. The van der Waals surface area contributed by atoms with E-state index in [0.29, 0.717) is 18.8 Å². The first kappa shape index (κ1) is 34.2. The van der Waals surface area contributed by atoms with Crippen LogP contribution in [-0.2, 0) is 21.9 Å². The van der Waals surface area contributed by atoms with E-state index in [4.69, 9.17) is 21.1 Å². The number of esters is 1. The zero-order valence-corrected chi connectivity index (χ0v) is 26.4. The van der Waals surface area contributed by atoms with Crippen LogP contribution in [-0.4, -0.2) is 74.3 Å². The van der Waals surface area contributed by atoms with E-state index in [1.54, 1.807) is 6.07 Å². The van der Waals surface area contributed by atoms with Gasteiger partial charge in [-0.25, -0.2) is 4.79 Å². The van der Waals surface area contributed by atoms with Crippen molar-refractivity contribution in [1.82, 2.24) is 9.80 Å². The maximum atomic E-state index is 13.5. The van der Waals surface area contributed by atoms with Gasteiger partial charge < -0.3 is 19.3 Å². The van der Waals surface area contributed by atoms with Gasteiger partial charge in [0.05, 0.1) is 27.5 Å². The van der Waals surface area contributed by atoms with Crippen LogP contribution in [0.25, 0.3) is 0 Å². The highest BCUT2D eigenvalue weighted by molar-refractivity contribution is 7.99. The third kappa shape index (κ3) is 8.41. The summed E-state index contributed by atoms with van der Waals surface area (Å²) in [6.45, 7) is 6.34. The average Bonchev–Trinajstić information content (AvgIpc) is 3.01. The molecule has 14 heteroatoms. The molecule has 1 atom stereocenters. The quantitative estimate of drug-likeness (QED) is 0.158. The average molecular weight is 688 g/mol. The highest BCUT2D eigenvalue weighted by atomic mass is 35.5. The fourth-order valence-electron chi connectivity index (χ4n) is 5.34. The van der Waals surface area contributed by atoms with E-state index >= 15 is 0 Å². The van der Waals surface area contributed by atoms with Crippen LogP contribution >= 0.6 is 23.4 Å². The Balaban J connectivity index is 1.06. The molecule has 2 aliphatic heterocycles. The van der Waals surface area contributed by atoms with E-state index in [-0.39, 0.29) is 17.4 Å². The Labute approximate surface area is 272 Å². The van der Waals surface area contributed by atoms with Gasteiger partial charge in [0.15, 0.2) is 6.10 Å². The number of hydrogen-bond donors (Lipinski definition) is 0. The molecule has 1 fully saturated rings. The van der Waals surface area contributed by atoms with Crippen LogP contribution in [0.2, 0.25) is 5.02 Å². The van der Waals surface area contributed by atoms with Crippen molar-refractivity contribution in [1.29, 1.82) is 0 Å². The lowest BCUT2D eigenvalue weighted by Gasteiger charge is -2.36. The van der Waals surface area contributed by atoms with E-state index in [1.807, 2.05) is 29.2 Å². The number of piperazine rings is 1. The van der Waals surface area contributed by atoms with Crippen molar-refractivity contribution < 1.29 is 40.6 Å². The second-order valence-corrected chi connectivity index (χ2v) is 12.5. The van der Waals surface area contributed by atoms with Crippen molar-refractivity contribution in [2.24, 2.45) is 0 Å². The topological polar surface area (TPSA) is 45.3 Å². The third-order valence-electron chi connectivity index (χ3n) is 7.82. The highest BCUT2D eigenvalue weighted by Gasteiger charge is 2.34. The Kier molecular flexibility index (Phi) is 10.7. The summed E-state index contributed by atoms with van der Waals surface area (Å²) < 4.78 is 90.2. The van der Waals surface area contributed by atoms with E-state index in [2.05, 4.69) is 9.80 Å². The predicted molar refractivity (Wildman–Crippen MR) is 164 cm³/mol. The number of rotatable bonds is 10. The molecular formula is C32H32ClF6N3O3S. The summed E-state index contributed by atoms with van der Waals surface area (Å²) in [7, 11) is 0. The molecule has 0 aromatic heterocycles. The number of benzene rings is 3. The van der Waals surface area contributed by atoms with E-state index in [9.17, 15) is 31.1 Å². The summed E-state index contributed by atoms with van der Waals surface area (Å²) in [6.07, 6.45) is -9.41. The smallest absolute Gasteiger partial charge is 0.416 e. The minimum atomic E-state index is -4.58. The number of fused-ring (bicyclic) bond motifs is 2. The minimum absolute atomic E-state index is 0.0503. The summed E-state index contributed by atoms with van der Waals surface area (Å²) in [4.78, 5) is 20.6. The molecule has 2 aliphatic rings. The monoisotopic (exact) mass is 687 g/mol. The van der Waals surface area contributed by atoms with Crippen LogP contribution in [0.4, 0.5) is 37.7 Å². The zero-order valence-electron chi connectivity index (χ0n) is 24.8. The van der Waals surface area contributed by atoms with Gasteiger partial charge in [-0.3, -0.25) is 4.90 Å². The van der Waals surface area contributed by atoms with Crippen LogP contribution in [0.5, 0.6) is 5.75 Å². The number of carbonyl (C=O) groups is 1. The molecule has 1 unspecified atom stereocenters. The first-order valence-electron chi connectivity index (χ1n) is 14.7. The number of nitrogens with zero attached hydrogens (tertiary/aromatic N) is 3. The first-order valence-corrected chi connectivity index (χ1v) is 15.9. The van der Waals surface area contributed by atoms with Crippen molar-refractivity contribution in [3.8, 4) is 5.75 Å². The maximum Gasteiger partial charge on any atom is 0.416 e. The molecule has 5 rings (SSSR count). The third-order valence-corrected chi connectivity index (χ3v) is 9.26. The van der Waals surface area contributed by atoms with E-state index in [0.717, 1.165) is 78.9 Å². The molecule has 2 heterocycles. The number of halogens is 7. The first-order chi connectivity index (χ1) is 21.8. The van der Waals surface area contributed by atoms with Gasteiger partial charge in [0, 0.05) is 49.1 Å². The molecule has 46 heavy (non-hydrogen) atoms. The molecular weight excluding hydrogens is 656 g/mol. The van der Waals surface area contributed by atoms with Gasteiger partial charge >= 0.3 is 18.3 Å². The second kappa shape index (κ2) is 14.3. The normalized spacial score (nSPS) is 16.5. The summed E-state index contributed by atoms with van der Waals surface area (Å²) in [5.74, 6) is -0.968. The maximum absolute atomic E-state index is 13.5. The van der Waals surface area contributed by atoms with Crippen LogP contribution in [0, 0.1) is 0 Å². The van der Waals surface area contributed by atoms with Gasteiger partial charge in [-0.15, -0.1) is 0 Å². The summed E-state index contributed by atoms with van der Waals surface area (Å²) in [5, 5.41) is -0.0503. The lowest BCUT2D eigenvalue weighted by atomic mass is 10.1. The number of hydrogen-bond acceptors (Lipinski definition) is 7. The Morgan fingerprint density at radius 1 is 0.826 bits per heavy atom. The van der Waals surface area contributed by atoms with Crippen molar-refractivity contribution in [2.75, 3.05) is 57.3 Å². The molecule has 0 N–H and O–H groups in total. The lowest BCUT2D eigenvalue weighted by molar-refractivity contribution is -0.151. The lowest BCUT2D eigenvalue weighted by Crippen LogP contribution is -2.48. The summed E-state index contributed by atoms with van der Waals surface area (Å²) >= 11 is 7.42. The number of ether oxygens (including phenoxy) is 2. The molecule has 0 spiro atoms. The SMILES string of the molecule is CC(Oc1cc(C(F)(F)F)ccc1Cl)C(=O)OCCN1CCN(CCCN2c3ccccc3Sc3ccc(C(F)(F)F)cc32)CC1. The van der Waals surface area contributed by atoms with Gasteiger partial charge in [-0.05, 0) is 68.4 Å². The molecule has 0 aliphatic carbocycles. The molecule has 1 saturated heterocycles. The molecule has 0 amide bonds. The van der Waals surface area contributed by atoms with Crippen LogP contribution < -0.4 is 9.64 Å². The number of carbonyl (C=O) groups excluding carboxylic acids is 1. The van der Waals surface area contributed by atoms with Gasteiger partial charge in [-0.1, -0.05) is 35.5 Å². The molecule has 3 aromatic carbocycles. The van der Waals surface area contributed by atoms with Crippen LogP contribution in [0.15, 0.2) is 70.5 Å². The van der Waals surface area contributed by atoms with Crippen molar-refractivity contribution in [3.63, 3.8) is 0 Å². The standard InChI is InChI=1S/C32H32ClF6N3O3S/c1-21(45-27-20-23(32(37,38)39)7-9-24(27)33)30(43)44-18-17-41-15-13-40(14-16-41)11-4-12-42-25-5-2-3-6-28(25)46-29-10-8-22(19-26(29)42)31(34,35)36/h2-3,5-10,19-21H,4,11-18H2,1H3. The van der Waals surface area contributed by atoms with Crippen LogP contribution in [0.1, 0.15) is 24.5 Å². The molecule has 0 radical (unpaired) electrons. The van der Waals surface area contributed by atoms with Gasteiger partial charge in [0.25, 0.3) is 0 Å². The number of alkyl halides is 6. The van der Waals surface area contributed by atoms with Crippen LogP contribution in [0.3, 0.4) is 0 Å². The summed E-state index contributed by atoms with van der Waals surface area (Å²) in [5.41, 5.74) is -0.139. The Morgan fingerprint density at radius 3 is 2.13 bits per heavy atom. The van der Waals surface area contributed by atoms with E-state index in [1.165, 1.54) is 24.8 Å². The fourth-order valence-corrected chi connectivity index (χ4v) is 6.57. The van der Waals surface area contributed by atoms with Gasteiger partial charge in [0.2, 0.25) is 0 Å². The molecule has 248 valence electrons. The van der Waals surface area contributed by atoms with Crippen molar-refractivity contribution >= 4 is 40.7 Å². The van der Waals surface area contributed by atoms with Gasteiger partial charge in [0.1, 0.15) is 12.4 Å². The Hall–Kier alpha value is -3.13. The second-order valence-electron chi connectivity index (χ2n) is 11.0. The Morgan fingerprint density at radius 2 is 1.43 bits per heavy atom. The predicted octanol–water partition coefficient (Wildman–Crippen LogP) is 8.00. The minimum Gasteiger partial charge on any atom is -0.477 e. The largest absolute Gasteiger partial charge is 0.477 e. The van der Waals surface area contributed by atoms with Gasteiger partial charge in [-0.2, -0.15) is 26.3 Å². The molecule has 3 aromatic rings. The fraction of sp³-hybridized carbons (Fsp3) is 0.406. The van der Waals surface area contributed by atoms with Crippen molar-refractivity contribution in [3.05, 3.63) is 76.8 Å². The summed E-state index contributed by atoms with van der Waals surface area (Å²) in [6, 6.07) is 14.3. The highest BCUT2D eigenvalue weighted by Crippen LogP contribution is 2.49.